The Morgan fingerprint density at radius 2 is 1.89 bits per heavy atom. The van der Waals surface area contributed by atoms with Gasteiger partial charge in [-0.1, -0.05) is 30.5 Å². The summed E-state index contributed by atoms with van der Waals surface area (Å²) in [4.78, 5) is 7.72. The number of nitrogens with zero attached hydrogens (tertiary/aromatic N) is 1. The minimum Gasteiger partial charge on any atom is -0.341 e. The van der Waals surface area contributed by atoms with Crippen LogP contribution in [0.25, 0.3) is 11.3 Å². The fraction of sp³-hybridized carbons (Fsp3) is 0.400. The first-order valence-corrected chi connectivity index (χ1v) is 6.49. The lowest BCUT2D eigenvalue weighted by molar-refractivity contribution is 0.609. The highest BCUT2D eigenvalue weighted by Crippen LogP contribution is 2.22. The standard InChI is InChI=1S/C15H21N3/c1-4-5-13(16)15-17-9-14(18-15)12-7-10(2)6-11(3)8-12/h6-9,13H,4-5,16H2,1-3H3,(H,17,18). The van der Waals surface area contributed by atoms with E-state index in [2.05, 4.69) is 48.9 Å². The van der Waals surface area contributed by atoms with E-state index in [0.29, 0.717) is 0 Å². The molecule has 96 valence electrons. The normalized spacial score (nSPS) is 12.7. The monoisotopic (exact) mass is 243 g/mol. The van der Waals surface area contributed by atoms with Crippen LogP contribution < -0.4 is 5.73 Å². The average molecular weight is 243 g/mol. The summed E-state index contributed by atoms with van der Waals surface area (Å²) in [7, 11) is 0. The Kier molecular flexibility index (Phi) is 3.82. The molecule has 0 radical (unpaired) electrons. The van der Waals surface area contributed by atoms with E-state index in [1.165, 1.54) is 16.7 Å². The quantitative estimate of drug-likeness (QED) is 0.863. The summed E-state index contributed by atoms with van der Waals surface area (Å²) in [5, 5.41) is 0. The van der Waals surface area contributed by atoms with Gasteiger partial charge in [0.05, 0.1) is 17.9 Å². The minimum absolute atomic E-state index is 0.00894. The summed E-state index contributed by atoms with van der Waals surface area (Å²) in [6.45, 7) is 6.35. The van der Waals surface area contributed by atoms with Crippen LogP contribution in [0.15, 0.2) is 24.4 Å². The van der Waals surface area contributed by atoms with Crippen molar-refractivity contribution in [3.63, 3.8) is 0 Å². The summed E-state index contributed by atoms with van der Waals surface area (Å²) in [6.07, 6.45) is 3.90. The van der Waals surface area contributed by atoms with Gasteiger partial charge in [0.15, 0.2) is 0 Å². The maximum atomic E-state index is 6.06. The van der Waals surface area contributed by atoms with E-state index in [1.807, 2.05) is 6.20 Å². The van der Waals surface area contributed by atoms with Gasteiger partial charge in [-0.25, -0.2) is 4.98 Å². The van der Waals surface area contributed by atoms with Gasteiger partial charge in [-0.3, -0.25) is 0 Å². The van der Waals surface area contributed by atoms with E-state index < -0.39 is 0 Å². The van der Waals surface area contributed by atoms with Crippen molar-refractivity contribution in [1.29, 1.82) is 0 Å². The fourth-order valence-electron chi connectivity index (χ4n) is 2.25. The summed E-state index contributed by atoms with van der Waals surface area (Å²) in [5.74, 6) is 0.881. The molecule has 3 heteroatoms. The predicted molar refractivity (Wildman–Crippen MR) is 75.3 cm³/mol. The van der Waals surface area contributed by atoms with Gasteiger partial charge in [-0.2, -0.15) is 0 Å². The summed E-state index contributed by atoms with van der Waals surface area (Å²) < 4.78 is 0. The van der Waals surface area contributed by atoms with E-state index in [4.69, 9.17) is 5.73 Å². The van der Waals surface area contributed by atoms with Crippen LogP contribution in [0, 0.1) is 13.8 Å². The number of aryl methyl sites for hydroxylation is 2. The van der Waals surface area contributed by atoms with Crippen LogP contribution >= 0.6 is 0 Å². The molecular formula is C15H21N3. The van der Waals surface area contributed by atoms with Crippen molar-refractivity contribution in [2.45, 2.75) is 39.7 Å². The zero-order valence-corrected chi connectivity index (χ0v) is 11.3. The van der Waals surface area contributed by atoms with Gasteiger partial charge in [0.2, 0.25) is 0 Å². The number of benzene rings is 1. The molecule has 3 nitrogen and oxygen atoms in total. The number of imidazole rings is 1. The van der Waals surface area contributed by atoms with Crippen LogP contribution in [0.5, 0.6) is 0 Å². The molecule has 1 heterocycles. The Bertz CT molecular complexity index is 508. The Morgan fingerprint density at radius 1 is 1.22 bits per heavy atom. The predicted octanol–water partition coefficient (Wildman–Crippen LogP) is 3.49. The largest absolute Gasteiger partial charge is 0.341 e. The van der Waals surface area contributed by atoms with Gasteiger partial charge in [0, 0.05) is 5.56 Å². The van der Waals surface area contributed by atoms with E-state index in [-0.39, 0.29) is 6.04 Å². The average Bonchev–Trinajstić information content (AvgIpc) is 2.77. The third-order valence-corrected chi connectivity index (χ3v) is 3.08. The van der Waals surface area contributed by atoms with Gasteiger partial charge in [-0.15, -0.1) is 0 Å². The fourth-order valence-corrected chi connectivity index (χ4v) is 2.25. The molecule has 0 aliphatic heterocycles. The van der Waals surface area contributed by atoms with Crippen molar-refractivity contribution in [3.8, 4) is 11.3 Å². The Hall–Kier alpha value is -1.61. The number of aromatic amines is 1. The zero-order valence-electron chi connectivity index (χ0n) is 11.3. The topological polar surface area (TPSA) is 54.7 Å². The molecular weight excluding hydrogens is 222 g/mol. The summed E-state index contributed by atoms with van der Waals surface area (Å²) in [6, 6.07) is 6.50. The first-order chi connectivity index (χ1) is 8.60. The summed E-state index contributed by atoms with van der Waals surface area (Å²) >= 11 is 0. The van der Waals surface area contributed by atoms with E-state index in [0.717, 1.165) is 24.4 Å². The van der Waals surface area contributed by atoms with Crippen molar-refractivity contribution in [1.82, 2.24) is 9.97 Å². The number of rotatable bonds is 4. The van der Waals surface area contributed by atoms with Gasteiger partial charge in [0.1, 0.15) is 5.82 Å². The third kappa shape index (κ3) is 2.79. The number of nitrogens with one attached hydrogen (secondary N) is 1. The van der Waals surface area contributed by atoms with E-state index in [1.54, 1.807) is 0 Å². The van der Waals surface area contributed by atoms with E-state index >= 15 is 0 Å². The lowest BCUT2D eigenvalue weighted by atomic mass is 10.1. The molecule has 18 heavy (non-hydrogen) atoms. The highest BCUT2D eigenvalue weighted by Gasteiger charge is 2.10. The maximum Gasteiger partial charge on any atom is 0.123 e. The molecule has 0 saturated carbocycles. The molecule has 0 aliphatic carbocycles. The lowest BCUT2D eigenvalue weighted by Gasteiger charge is -2.06. The van der Waals surface area contributed by atoms with Crippen LogP contribution in [0.2, 0.25) is 0 Å². The van der Waals surface area contributed by atoms with Gasteiger partial charge in [0.25, 0.3) is 0 Å². The van der Waals surface area contributed by atoms with Gasteiger partial charge >= 0.3 is 0 Å². The molecule has 1 aromatic carbocycles. The van der Waals surface area contributed by atoms with Gasteiger partial charge < -0.3 is 10.7 Å². The Balaban J connectivity index is 2.29. The first kappa shape index (κ1) is 12.8. The first-order valence-electron chi connectivity index (χ1n) is 6.49. The SMILES string of the molecule is CCCC(N)c1ncc(-c2cc(C)cc(C)c2)[nH]1. The zero-order chi connectivity index (χ0) is 13.1. The van der Waals surface area contributed by atoms with Crippen LogP contribution in [-0.4, -0.2) is 9.97 Å². The van der Waals surface area contributed by atoms with Crippen LogP contribution in [0.3, 0.4) is 0 Å². The Labute approximate surface area is 108 Å². The number of aromatic nitrogens is 2. The molecule has 2 rings (SSSR count). The highest BCUT2D eigenvalue weighted by atomic mass is 15.0. The number of hydrogen-bond acceptors (Lipinski definition) is 2. The van der Waals surface area contributed by atoms with Crippen molar-refractivity contribution in [3.05, 3.63) is 41.3 Å². The molecule has 0 fully saturated rings. The van der Waals surface area contributed by atoms with Crippen LogP contribution in [0.4, 0.5) is 0 Å². The molecule has 0 spiro atoms. The van der Waals surface area contributed by atoms with Gasteiger partial charge in [-0.05, 0) is 32.4 Å². The lowest BCUT2D eigenvalue weighted by Crippen LogP contribution is -2.11. The van der Waals surface area contributed by atoms with Crippen molar-refractivity contribution < 1.29 is 0 Å². The van der Waals surface area contributed by atoms with Crippen molar-refractivity contribution in [2.75, 3.05) is 0 Å². The minimum atomic E-state index is 0.00894. The number of nitrogens with two attached hydrogens (primary N) is 1. The third-order valence-electron chi connectivity index (χ3n) is 3.08. The van der Waals surface area contributed by atoms with Crippen LogP contribution in [-0.2, 0) is 0 Å². The molecule has 1 unspecified atom stereocenters. The smallest absolute Gasteiger partial charge is 0.123 e. The maximum absolute atomic E-state index is 6.06. The summed E-state index contributed by atoms with van der Waals surface area (Å²) in [5.41, 5.74) is 10.8. The van der Waals surface area contributed by atoms with E-state index in [9.17, 15) is 0 Å². The molecule has 0 aliphatic rings. The molecule has 0 amide bonds. The second-order valence-corrected chi connectivity index (χ2v) is 4.95. The second kappa shape index (κ2) is 5.36. The molecule has 0 saturated heterocycles. The second-order valence-electron chi connectivity index (χ2n) is 4.95. The molecule has 3 N–H and O–H groups in total. The molecule has 2 aromatic rings. The molecule has 1 atom stereocenters. The number of hydrogen-bond donors (Lipinski definition) is 2. The Morgan fingerprint density at radius 3 is 2.50 bits per heavy atom. The highest BCUT2D eigenvalue weighted by molar-refractivity contribution is 5.60. The molecule has 0 bridgehead atoms. The van der Waals surface area contributed by atoms with Crippen LogP contribution in [0.1, 0.15) is 42.8 Å². The number of H-pyrrole nitrogens is 1. The van der Waals surface area contributed by atoms with Crippen molar-refractivity contribution in [2.24, 2.45) is 5.73 Å². The molecule has 1 aromatic heterocycles. The van der Waals surface area contributed by atoms with Crippen molar-refractivity contribution >= 4 is 0 Å².